The van der Waals surface area contributed by atoms with Crippen molar-refractivity contribution >= 4 is 6.03 Å². The van der Waals surface area contributed by atoms with Gasteiger partial charge in [0.1, 0.15) is 6.07 Å². The van der Waals surface area contributed by atoms with E-state index in [2.05, 4.69) is 20.6 Å². The van der Waals surface area contributed by atoms with E-state index in [0.29, 0.717) is 4.68 Å². The Balaban J connectivity index is 2.44. The first kappa shape index (κ1) is 8.95. The van der Waals surface area contributed by atoms with Crippen LogP contribution in [0.5, 0.6) is 0 Å². The quantitative estimate of drug-likeness (QED) is 0.571. The number of nitrogens with zero attached hydrogens (tertiary/aromatic N) is 7. The maximum absolute atomic E-state index is 13.2. The van der Waals surface area contributed by atoms with Crippen LogP contribution in [0, 0.1) is 17.3 Å². The van der Waals surface area contributed by atoms with E-state index in [1.54, 1.807) is 0 Å². The van der Waals surface area contributed by atoms with Crippen LogP contribution in [0.1, 0.15) is 5.69 Å². The molecule has 0 bridgehead atoms. The molecule has 2 aromatic heterocycles. The van der Waals surface area contributed by atoms with Crippen LogP contribution in [0.15, 0.2) is 12.4 Å². The summed E-state index contributed by atoms with van der Waals surface area (Å²) >= 11 is 0. The second kappa shape index (κ2) is 3.26. The zero-order chi connectivity index (χ0) is 10.8. The SMILES string of the molecule is N#Cc1nnn(C(=O)n2ccnn2)c1F. The lowest BCUT2D eigenvalue weighted by Crippen LogP contribution is -2.23. The molecule has 0 aliphatic rings. The predicted molar refractivity (Wildman–Crippen MR) is 40.9 cm³/mol. The van der Waals surface area contributed by atoms with E-state index in [1.807, 2.05) is 0 Å². The number of hydrogen-bond acceptors (Lipinski definition) is 6. The van der Waals surface area contributed by atoms with E-state index in [1.165, 1.54) is 18.5 Å². The van der Waals surface area contributed by atoms with Crippen molar-refractivity contribution < 1.29 is 9.18 Å². The van der Waals surface area contributed by atoms with E-state index in [0.717, 1.165) is 4.68 Å². The second-order valence-corrected chi connectivity index (χ2v) is 2.38. The third-order valence-corrected chi connectivity index (χ3v) is 1.52. The molecule has 0 aromatic carbocycles. The molecule has 74 valence electrons. The van der Waals surface area contributed by atoms with Crippen LogP contribution in [0.3, 0.4) is 0 Å². The number of carbonyl (C=O) groups is 1. The van der Waals surface area contributed by atoms with Crippen molar-refractivity contribution in [1.29, 1.82) is 5.26 Å². The minimum Gasteiger partial charge on any atom is -0.243 e. The van der Waals surface area contributed by atoms with Gasteiger partial charge in [-0.3, -0.25) is 0 Å². The molecule has 0 saturated carbocycles. The zero-order valence-corrected chi connectivity index (χ0v) is 7.07. The summed E-state index contributed by atoms with van der Waals surface area (Å²) in [5, 5.41) is 21.4. The van der Waals surface area contributed by atoms with Crippen molar-refractivity contribution in [2.24, 2.45) is 0 Å². The van der Waals surface area contributed by atoms with E-state index < -0.39 is 17.7 Å². The lowest BCUT2D eigenvalue weighted by atomic mass is 10.5. The van der Waals surface area contributed by atoms with Gasteiger partial charge in [-0.05, 0) is 0 Å². The molecule has 0 saturated heterocycles. The van der Waals surface area contributed by atoms with Crippen LogP contribution in [-0.4, -0.2) is 36.0 Å². The van der Waals surface area contributed by atoms with Gasteiger partial charge in [0.25, 0.3) is 5.95 Å². The molecule has 0 fully saturated rings. The van der Waals surface area contributed by atoms with Gasteiger partial charge in [-0.25, -0.2) is 4.79 Å². The van der Waals surface area contributed by atoms with Crippen LogP contribution in [0.4, 0.5) is 9.18 Å². The van der Waals surface area contributed by atoms with Crippen molar-refractivity contribution in [3.05, 3.63) is 24.0 Å². The predicted octanol–water partition coefficient (Wildman–Crippen LogP) is -0.603. The lowest BCUT2D eigenvalue weighted by molar-refractivity contribution is 0.233. The minimum atomic E-state index is -1.13. The molecule has 0 N–H and O–H groups in total. The summed E-state index contributed by atoms with van der Waals surface area (Å²) in [4.78, 5) is 11.4. The number of nitriles is 1. The third-order valence-electron chi connectivity index (χ3n) is 1.52. The van der Waals surface area contributed by atoms with E-state index in [9.17, 15) is 9.18 Å². The van der Waals surface area contributed by atoms with Gasteiger partial charge >= 0.3 is 6.03 Å². The molecule has 0 radical (unpaired) electrons. The van der Waals surface area contributed by atoms with Crippen molar-refractivity contribution in [2.75, 3.05) is 0 Å². The monoisotopic (exact) mass is 207 g/mol. The fourth-order valence-electron chi connectivity index (χ4n) is 0.868. The highest BCUT2D eigenvalue weighted by molar-refractivity contribution is 5.77. The van der Waals surface area contributed by atoms with E-state index in [4.69, 9.17) is 5.26 Å². The van der Waals surface area contributed by atoms with Gasteiger partial charge in [-0.1, -0.05) is 10.4 Å². The first-order valence-corrected chi connectivity index (χ1v) is 3.66. The fraction of sp³-hybridized carbons (Fsp3) is 0. The molecule has 0 spiro atoms. The van der Waals surface area contributed by atoms with Gasteiger partial charge in [0.2, 0.25) is 5.69 Å². The van der Waals surface area contributed by atoms with Gasteiger partial charge < -0.3 is 0 Å². The molecule has 0 aliphatic carbocycles. The van der Waals surface area contributed by atoms with Gasteiger partial charge in [0.15, 0.2) is 0 Å². The summed E-state index contributed by atoms with van der Waals surface area (Å²) in [6.07, 6.45) is 2.47. The number of halogens is 1. The summed E-state index contributed by atoms with van der Waals surface area (Å²) < 4.78 is 14.3. The molecular formula is C6H2FN7O. The largest absolute Gasteiger partial charge is 0.374 e. The minimum absolute atomic E-state index is 0.327. The van der Waals surface area contributed by atoms with Crippen molar-refractivity contribution in [3.63, 3.8) is 0 Å². The van der Waals surface area contributed by atoms with Gasteiger partial charge in [-0.2, -0.15) is 14.3 Å². The Bertz CT molecular complexity index is 536. The van der Waals surface area contributed by atoms with Gasteiger partial charge in [0, 0.05) is 0 Å². The highest BCUT2D eigenvalue weighted by Crippen LogP contribution is 2.01. The topological polar surface area (TPSA) is 102 Å². The second-order valence-electron chi connectivity index (χ2n) is 2.38. The molecular weight excluding hydrogens is 205 g/mol. The smallest absolute Gasteiger partial charge is 0.243 e. The normalized spacial score (nSPS) is 9.87. The van der Waals surface area contributed by atoms with Crippen LogP contribution in [-0.2, 0) is 0 Å². The highest BCUT2D eigenvalue weighted by atomic mass is 19.1. The Morgan fingerprint density at radius 1 is 1.53 bits per heavy atom. The number of rotatable bonds is 0. The number of hydrogen-bond donors (Lipinski definition) is 0. The Morgan fingerprint density at radius 2 is 2.33 bits per heavy atom. The van der Waals surface area contributed by atoms with Crippen LogP contribution < -0.4 is 0 Å². The lowest BCUT2D eigenvalue weighted by Gasteiger charge is -1.96. The molecule has 0 amide bonds. The summed E-state index contributed by atoms with van der Waals surface area (Å²) in [6, 6.07) is 0.545. The first-order valence-electron chi connectivity index (χ1n) is 3.66. The number of carbonyl (C=O) groups excluding carboxylic acids is 1. The molecule has 2 aromatic rings. The van der Waals surface area contributed by atoms with Crippen LogP contribution >= 0.6 is 0 Å². The first-order chi connectivity index (χ1) is 7.24. The average Bonchev–Trinajstić information content (AvgIpc) is 2.85. The summed E-state index contributed by atoms with van der Waals surface area (Å²) in [5.41, 5.74) is -0.552. The molecule has 9 heteroatoms. The van der Waals surface area contributed by atoms with Gasteiger partial charge in [-0.15, -0.1) is 14.9 Å². The van der Waals surface area contributed by atoms with Crippen LogP contribution in [0.25, 0.3) is 0 Å². The molecule has 2 heterocycles. The fourth-order valence-corrected chi connectivity index (χ4v) is 0.868. The molecule has 0 atom stereocenters. The Hall–Kier alpha value is -2.63. The Morgan fingerprint density at radius 3 is 2.87 bits per heavy atom. The van der Waals surface area contributed by atoms with Gasteiger partial charge in [0.05, 0.1) is 12.4 Å². The summed E-state index contributed by atoms with van der Waals surface area (Å²) in [7, 11) is 0. The zero-order valence-electron chi connectivity index (χ0n) is 7.07. The van der Waals surface area contributed by atoms with E-state index >= 15 is 0 Å². The van der Waals surface area contributed by atoms with Crippen molar-refractivity contribution in [2.45, 2.75) is 0 Å². The molecule has 2 rings (SSSR count). The Kier molecular flexibility index (Phi) is 1.94. The summed E-state index contributed by atoms with van der Waals surface area (Å²) in [6.45, 7) is 0. The highest BCUT2D eigenvalue weighted by Gasteiger charge is 2.19. The van der Waals surface area contributed by atoms with Crippen molar-refractivity contribution in [3.8, 4) is 6.07 Å². The molecule has 15 heavy (non-hydrogen) atoms. The average molecular weight is 207 g/mol. The Labute approximate surface area is 81.5 Å². The summed E-state index contributed by atoms with van der Waals surface area (Å²) in [5.74, 6) is -1.13. The standard InChI is InChI=1S/C6H2FN7O/c7-5-4(3-8)10-12-14(5)6(15)13-2-1-9-11-13/h1-2H. The molecule has 0 unspecified atom stereocenters. The van der Waals surface area contributed by atoms with Crippen LogP contribution in [0.2, 0.25) is 0 Å². The molecule has 0 aliphatic heterocycles. The maximum Gasteiger partial charge on any atom is 0.374 e. The third kappa shape index (κ3) is 1.33. The number of aromatic nitrogens is 6. The van der Waals surface area contributed by atoms with E-state index in [-0.39, 0.29) is 0 Å². The molecule has 8 nitrogen and oxygen atoms in total. The maximum atomic E-state index is 13.2. The van der Waals surface area contributed by atoms with Crippen molar-refractivity contribution in [1.82, 2.24) is 30.0 Å².